The molecule has 0 aliphatic heterocycles. The van der Waals surface area contributed by atoms with Crippen molar-refractivity contribution in [2.45, 2.75) is 58.7 Å². The van der Waals surface area contributed by atoms with E-state index >= 15 is 0 Å². The molecule has 2 rings (SSSR count). The monoisotopic (exact) mass is 338 g/mol. The number of amides is 1. The van der Waals surface area contributed by atoms with E-state index in [2.05, 4.69) is 16.7 Å². The Labute approximate surface area is 143 Å². The zero-order valence-electron chi connectivity index (χ0n) is 14.4. The summed E-state index contributed by atoms with van der Waals surface area (Å²) in [4.78, 5) is 11.9. The van der Waals surface area contributed by atoms with Crippen LogP contribution in [0.4, 0.5) is 4.79 Å². The van der Waals surface area contributed by atoms with Crippen LogP contribution in [0.15, 0.2) is 18.2 Å². The highest BCUT2D eigenvalue weighted by molar-refractivity contribution is 6.31. The van der Waals surface area contributed by atoms with E-state index in [9.17, 15) is 4.79 Å². The topological polar surface area (TPSA) is 50.4 Å². The summed E-state index contributed by atoms with van der Waals surface area (Å²) in [6.07, 6.45) is 1.99. The molecule has 5 heteroatoms. The Bertz CT molecular complexity index is 550. The highest BCUT2D eigenvalue weighted by Crippen LogP contribution is 2.32. The van der Waals surface area contributed by atoms with Gasteiger partial charge in [0.2, 0.25) is 0 Å². The van der Waals surface area contributed by atoms with E-state index in [1.807, 2.05) is 39.8 Å². The third kappa shape index (κ3) is 6.40. The molecule has 2 N–H and O–H groups in total. The third-order valence-corrected chi connectivity index (χ3v) is 4.23. The molecule has 128 valence electrons. The lowest BCUT2D eigenvalue weighted by Gasteiger charge is -2.24. The molecular formula is C18H27ClN2O2. The van der Waals surface area contributed by atoms with Gasteiger partial charge in [0.05, 0.1) is 0 Å². The largest absolute Gasteiger partial charge is 0.444 e. The van der Waals surface area contributed by atoms with Gasteiger partial charge in [-0.25, -0.2) is 4.79 Å². The van der Waals surface area contributed by atoms with Crippen molar-refractivity contribution in [3.8, 4) is 0 Å². The summed E-state index contributed by atoms with van der Waals surface area (Å²) in [5.41, 5.74) is 1.76. The number of benzene rings is 1. The Hall–Kier alpha value is -1.26. The Kier molecular flexibility index (Phi) is 5.93. The van der Waals surface area contributed by atoms with E-state index in [0.717, 1.165) is 29.2 Å². The number of hydrogen-bond donors (Lipinski definition) is 2. The quantitative estimate of drug-likeness (QED) is 0.823. The van der Waals surface area contributed by atoms with Crippen LogP contribution in [-0.4, -0.2) is 24.3 Å². The van der Waals surface area contributed by atoms with Crippen molar-refractivity contribution < 1.29 is 9.53 Å². The van der Waals surface area contributed by atoms with Gasteiger partial charge in [0.1, 0.15) is 5.60 Å². The fraction of sp³-hybridized carbons (Fsp3) is 0.611. The summed E-state index contributed by atoms with van der Waals surface area (Å²) in [6, 6.07) is 6.20. The van der Waals surface area contributed by atoms with Gasteiger partial charge < -0.3 is 15.4 Å². The second kappa shape index (κ2) is 7.54. The molecule has 0 heterocycles. The third-order valence-electron chi connectivity index (χ3n) is 3.82. The molecule has 1 aliphatic carbocycles. The standard InChI is InChI=1S/C18H27ClN2O2/c1-12-5-6-13(9-15(12)19)10-20-11-16(14-7-8-14)21-17(22)23-18(2,3)4/h5-6,9,14,16,20H,7-8,10-11H2,1-4H3,(H,21,22). The SMILES string of the molecule is Cc1ccc(CNCC(NC(=O)OC(C)(C)C)C2CC2)cc1Cl. The highest BCUT2D eigenvalue weighted by atomic mass is 35.5. The average molecular weight is 339 g/mol. The van der Waals surface area contributed by atoms with Crippen LogP contribution in [0.25, 0.3) is 0 Å². The van der Waals surface area contributed by atoms with Gasteiger partial charge in [0.15, 0.2) is 0 Å². The normalized spacial score (nSPS) is 16.0. The number of carbonyl (C=O) groups excluding carboxylic acids is 1. The minimum atomic E-state index is -0.468. The van der Waals surface area contributed by atoms with Crippen LogP contribution >= 0.6 is 11.6 Å². The molecular weight excluding hydrogens is 312 g/mol. The molecule has 4 nitrogen and oxygen atoms in total. The summed E-state index contributed by atoms with van der Waals surface area (Å²) < 4.78 is 5.34. The predicted octanol–water partition coefficient (Wildman–Crippen LogP) is 4.04. The van der Waals surface area contributed by atoms with Crippen LogP contribution in [0.1, 0.15) is 44.7 Å². The van der Waals surface area contributed by atoms with Crippen molar-refractivity contribution in [3.05, 3.63) is 34.3 Å². The first-order valence-corrected chi connectivity index (χ1v) is 8.57. The first-order valence-electron chi connectivity index (χ1n) is 8.20. The van der Waals surface area contributed by atoms with Crippen LogP contribution in [0.5, 0.6) is 0 Å². The van der Waals surface area contributed by atoms with E-state index in [-0.39, 0.29) is 12.1 Å². The van der Waals surface area contributed by atoms with Crippen LogP contribution in [-0.2, 0) is 11.3 Å². The van der Waals surface area contributed by atoms with E-state index in [4.69, 9.17) is 16.3 Å². The van der Waals surface area contributed by atoms with Crippen LogP contribution in [0.3, 0.4) is 0 Å². The maximum absolute atomic E-state index is 11.9. The van der Waals surface area contributed by atoms with Crippen molar-refractivity contribution in [1.82, 2.24) is 10.6 Å². The Morgan fingerprint density at radius 2 is 2.09 bits per heavy atom. The van der Waals surface area contributed by atoms with Gasteiger partial charge >= 0.3 is 6.09 Å². The minimum absolute atomic E-state index is 0.116. The molecule has 0 spiro atoms. The molecule has 1 amide bonds. The van der Waals surface area contributed by atoms with Crippen molar-refractivity contribution in [2.24, 2.45) is 5.92 Å². The van der Waals surface area contributed by atoms with Crippen LogP contribution in [0, 0.1) is 12.8 Å². The number of rotatable bonds is 6. The number of alkyl carbamates (subject to hydrolysis) is 1. The van der Waals surface area contributed by atoms with Crippen LogP contribution < -0.4 is 10.6 Å². The molecule has 1 aromatic carbocycles. The maximum Gasteiger partial charge on any atom is 0.407 e. The highest BCUT2D eigenvalue weighted by Gasteiger charge is 2.33. The summed E-state index contributed by atoms with van der Waals surface area (Å²) in [5.74, 6) is 0.552. The summed E-state index contributed by atoms with van der Waals surface area (Å²) in [7, 11) is 0. The molecule has 0 saturated heterocycles. The summed E-state index contributed by atoms with van der Waals surface area (Å²) in [6.45, 7) is 9.08. The molecule has 0 radical (unpaired) electrons. The molecule has 1 fully saturated rings. The lowest BCUT2D eigenvalue weighted by atomic mass is 10.1. The Morgan fingerprint density at radius 3 is 2.65 bits per heavy atom. The predicted molar refractivity (Wildman–Crippen MR) is 93.8 cm³/mol. The molecule has 1 atom stereocenters. The second-order valence-electron chi connectivity index (χ2n) is 7.30. The van der Waals surface area contributed by atoms with Gasteiger partial charge in [-0.15, -0.1) is 0 Å². The smallest absolute Gasteiger partial charge is 0.407 e. The Balaban J connectivity index is 1.81. The van der Waals surface area contributed by atoms with E-state index < -0.39 is 5.60 Å². The first-order chi connectivity index (χ1) is 10.7. The molecule has 1 saturated carbocycles. The summed E-state index contributed by atoms with van der Waals surface area (Å²) in [5, 5.41) is 7.19. The van der Waals surface area contributed by atoms with Crippen molar-refractivity contribution >= 4 is 17.7 Å². The van der Waals surface area contributed by atoms with Crippen molar-refractivity contribution in [1.29, 1.82) is 0 Å². The summed E-state index contributed by atoms with van der Waals surface area (Å²) >= 11 is 6.14. The minimum Gasteiger partial charge on any atom is -0.444 e. The molecule has 0 aromatic heterocycles. The lowest BCUT2D eigenvalue weighted by Crippen LogP contribution is -2.45. The molecule has 1 aliphatic rings. The van der Waals surface area contributed by atoms with Gasteiger partial charge in [0, 0.05) is 24.2 Å². The van der Waals surface area contributed by atoms with E-state index in [0.29, 0.717) is 5.92 Å². The number of ether oxygens (including phenoxy) is 1. The number of halogens is 1. The maximum atomic E-state index is 11.9. The second-order valence-corrected chi connectivity index (χ2v) is 7.71. The van der Waals surface area contributed by atoms with Crippen molar-refractivity contribution in [3.63, 3.8) is 0 Å². The molecule has 0 bridgehead atoms. The van der Waals surface area contributed by atoms with Gasteiger partial charge in [-0.1, -0.05) is 23.7 Å². The molecule has 1 unspecified atom stereocenters. The van der Waals surface area contributed by atoms with E-state index in [1.54, 1.807) is 0 Å². The molecule has 23 heavy (non-hydrogen) atoms. The first kappa shape index (κ1) is 18.1. The van der Waals surface area contributed by atoms with Crippen LogP contribution in [0.2, 0.25) is 5.02 Å². The number of nitrogens with one attached hydrogen (secondary N) is 2. The fourth-order valence-electron chi connectivity index (χ4n) is 2.41. The van der Waals surface area contributed by atoms with Gasteiger partial charge in [-0.05, 0) is 63.6 Å². The van der Waals surface area contributed by atoms with Crippen molar-refractivity contribution in [2.75, 3.05) is 6.54 Å². The van der Waals surface area contributed by atoms with E-state index in [1.165, 1.54) is 12.8 Å². The van der Waals surface area contributed by atoms with Gasteiger partial charge in [-0.2, -0.15) is 0 Å². The number of carbonyl (C=O) groups is 1. The zero-order chi connectivity index (χ0) is 17.0. The fourth-order valence-corrected chi connectivity index (χ4v) is 2.61. The average Bonchev–Trinajstić information content (AvgIpc) is 3.24. The Morgan fingerprint density at radius 1 is 1.39 bits per heavy atom. The number of aryl methyl sites for hydroxylation is 1. The lowest BCUT2D eigenvalue weighted by molar-refractivity contribution is 0.0497. The van der Waals surface area contributed by atoms with Gasteiger partial charge in [-0.3, -0.25) is 0 Å². The zero-order valence-corrected chi connectivity index (χ0v) is 15.2. The van der Waals surface area contributed by atoms with Gasteiger partial charge in [0.25, 0.3) is 0 Å². The molecule has 1 aromatic rings. The number of hydrogen-bond acceptors (Lipinski definition) is 3.